The molecule has 0 aliphatic carbocycles. The average Bonchev–Trinajstić information content (AvgIpc) is 2.88. The standard InChI is InChI=1S/C16H21N3O2/c1-4-21-15-7-5-14(6-8-15)17-16(20)11-13(3)19-10-9-12(2)18-19/h5-10,13H,4,11H2,1-3H3,(H,17,20)/t13-/m1/s1. The summed E-state index contributed by atoms with van der Waals surface area (Å²) in [5.74, 6) is 0.774. The number of aryl methyl sites for hydroxylation is 1. The van der Waals surface area contributed by atoms with Gasteiger partial charge in [-0.25, -0.2) is 0 Å². The Kier molecular flexibility index (Phi) is 4.98. The van der Waals surface area contributed by atoms with Crippen molar-refractivity contribution in [3.05, 3.63) is 42.2 Å². The van der Waals surface area contributed by atoms with E-state index in [4.69, 9.17) is 4.74 Å². The van der Waals surface area contributed by atoms with Crippen LogP contribution in [0, 0.1) is 6.92 Å². The number of rotatable bonds is 6. The molecular formula is C16H21N3O2. The Balaban J connectivity index is 1.89. The average molecular weight is 287 g/mol. The highest BCUT2D eigenvalue weighted by molar-refractivity contribution is 5.90. The minimum Gasteiger partial charge on any atom is -0.494 e. The molecule has 2 rings (SSSR count). The van der Waals surface area contributed by atoms with Crippen molar-refractivity contribution in [1.29, 1.82) is 0 Å². The Morgan fingerprint density at radius 2 is 2.05 bits per heavy atom. The quantitative estimate of drug-likeness (QED) is 0.887. The van der Waals surface area contributed by atoms with Crippen molar-refractivity contribution in [2.24, 2.45) is 0 Å². The number of ether oxygens (including phenoxy) is 1. The van der Waals surface area contributed by atoms with Crippen LogP contribution in [0.25, 0.3) is 0 Å². The lowest BCUT2D eigenvalue weighted by Gasteiger charge is -2.12. The number of benzene rings is 1. The largest absolute Gasteiger partial charge is 0.494 e. The lowest BCUT2D eigenvalue weighted by Crippen LogP contribution is -2.18. The van der Waals surface area contributed by atoms with Gasteiger partial charge in [-0.15, -0.1) is 0 Å². The maximum Gasteiger partial charge on any atom is 0.226 e. The highest BCUT2D eigenvalue weighted by atomic mass is 16.5. The molecule has 1 heterocycles. The molecule has 1 N–H and O–H groups in total. The van der Waals surface area contributed by atoms with Crippen molar-refractivity contribution in [3.63, 3.8) is 0 Å². The third-order valence-corrected chi connectivity index (χ3v) is 3.12. The summed E-state index contributed by atoms with van der Waals surface area (Å²) < 4.78 is 7.18. The number of amides is 1. The van der Waals surface area contributed by atoms with E-state index in [-0.39, 0.29) is 11.9 Å². The van der Waals surface area contributed by atoms with Gasteiger partial charge in [0.2, 0.25) is 5.91 Å². The maximum absolute atomic E-state index is 12.0. The van der Waals surface area contributed by atoms with Gasteiger partial charge in [0.25, 0.3) is 0 Å². The van der Waals surface area contributed by atoms with E-state index in [9.17, 15) is 4.79 Å². The monoisotopic (exact) mass is 287 g/mol. The Labute approximate surface area is 124 Å². The van der Waals surface area contributed by atoms with Gasteiger partial charge in [0.05, 0.1) is 18.3 Å². The molecule has 0 fully saturated rings. The fourth-order valence-electron chi connectivity index (χ4n) is 2.05. The van der Waals surface area contributed by atoms with Crippen molar-refractivity contribution in [3.8, 4) is 5.75 Å². The molecule has 0 spiro atoms. The van der Waals surface area contributed by atoms with E-state index >= 15 is 0 Å². The van der Waals surface area contributed by atoms with E-state index in [0.29, 0.717) is 13.0 Å². The number of anilines is 1. The van der Waals surface area contributed by atoms with Crippen LogP contribution in [0.1, 0.15) is 32.0 Å². The van der Waals surface area contributed by atoms with Gasteiger partial charge in [-0.1, -0.05) is 0 Å². The fourth-order valence-corrected chi connectivity index (χ4v) is 2.05. The summed E-state index contributed by atoms with van der Waals surface area (Å²) in [6, 6.07) is 9.33. The van der Waals surface area contributed by atoms with Crippen molar-refractivity contribution in [2.45, 2.75) is 33.2 Å². The van der Waals surface area contributed by atoms with E-state index < -0.39 is 0 Å². The summed E-state index contributed by atoms with van der Waals surface area (Å²) in [7, 11) is 0. The highest BCUT2D eigenvalue weighted by Gasteiger charge is 2.11. The Bertz CT molecular complexity index is 590. The summed E-state index contributed by atoms with van der Waals surface area (Å²) >= 11 is 0. The van der Waals surface area contributed by atoms with Gasteiger partial charge >= 0.3 is 0 Å². The number of carbonyl (C=O) groups is 1. The first-order valence-corrected chi connectivity index (χ1v) is 7.13. The van der Waals surface area contributed by atoms with Crippen LogP contribution in [0.5, 0.6) is 5.75 Å². The third-order valence-electron chi connectivity index (χ3n) is 3.12. The topological polar surface area (TPSA) is 56.1 Å². The molecule has 0 bridgehead atoms. The molecule has 112 valence electrons. The molecule has 2 aromatic rings. The minimum atomic E-state index is -0.0280. The van der Waals surface area contributed by atoms with E-state index in [0.717, 1.165) is 17.1 Å². The van der Waals surface area contributed by atoms with Crippen LogP contribution in [-0.2, 0) is 4.79 Å². The van der Waals surface area contributed by atoms with Crippen molar-refractivity contribution >= 4 is 11.6 Å². The molecule has 0 saturated heterocycles. The van der Waals surface area contributed by atoms with Crippen LogP contribution in [0.2, 0.25) is 0 Å². The van der Waals surface area contributed by atoms with E-state index in [1.165, 1.54) is 0 Å². The summed E-state index contributed by atoms with van der Waals surface area (Å²) in [4.78, 5) is 12.0. The number of nitrogens with zero attached hydrogens (tertiary/aromatic N) is 2. The van der Waals surface area contributed by atoms with E-state index in [2.05, 4.69) is 10.4 Å². The molecule has 0 aliphatic heterocycles. The van der Waals surface area contributed by atoms with Crippen LogP contribution in [0.15, 0.2) is 36.5 Å². The first kappa shape index (κ1) is 15.1. The van der Waals surface area contributed by atoms with Gasteiger partial charge in [0.15, 0.2) is 0 Å². The van der Waals surface area contributed by atoms with Crippen LogP contribution in [-0.4, -0.2) is 22.3 Å². The van der Waals surface area contributed by atoms with E-state index in [1.807, 2.05) is 62.0 Å². The van der Waals surface area contributed by atoms with Crippen LogP contribution in [0.4, 0.5) is 5.69 Å². The number of hydrogen-bond acceptors (Lipinski definition) is 3. The molecule has 0 unspecified atom stereocenters. The molecular weight excluding hydrogens is 266 g/mol. The van der Waals surface area contributed by atoms with Crippen LogP contribution >= 0.6 is 0 Å². The van der Waals surface area contributed by atoms with Crippen molar-refractivity contribution in [1.82, 2.24) is 9.78 Å². The number of nitrogens with one attached hydrogen (secondary N) is 1. The fraction of sp³-hybridized carbons (Fsp3) is 0.375. The van der Waals surface area contributed by atoms with Gasteiger partial charge in [-0.3, -0.25) is 9.48 Å². The first-order chi connectivity index (χ1) is 10.1. The summed E-state index contributed by atoms with van der Waals surface area (Å²) in [6.07, 6.45) is 2.28. The molecule has 0 radical (unpaired) electrons. The minimum absolute atomic E-state index is 0.0280. The number of carbonyl (C=O) groups excluding carboxylic acids is 1. The van der Waals surface area contributed by atoms with Crippen molar-refractivity contribution in [2.75, 3.05) is 11.9 Å². The van der Waals surface area contributed by atoms with Crippen molar-refractivity contribution < 1.29 is 9.53 Å². The van der Waals surface area contributed by atoms with Gasteiger partial charge in [-0.2, -0.15) is 5.10 Å². The SMILES string of the molecule is CCOc1ccc(NC(=O)C[C@@H](C)n2ccc(C)n2)cc1. The maximum atomic E-state index is 12.0. The summed E-state index contributed by atoms with van der Waals surface area (Å²) in [5.41, 5.74) is 1.72. The number of hydrogen-bond donors (Lipinski definition) is 1. The lowest BCUT2D eigenvalue weighted by molar-refractivity contribution is -0.116. The Hall–Kier alpha value is -2.30. The van der Waals surface area contributed by atoms with Gasteiger partial charge in [0.1, 0.15) is 5.75 Å². The molecule has 5 heteroatoms. The molecule has 0 aliphatic rings. The molecule has 1 aromatic heterocycles. The summed E-state index contributed by atoms with van der Waals surface area (Å²) in [6.45, 7) is 6.48. The molecule has 5 nitrogen and oxygen atoms in total. The third kappa shape index (κ3) is 4.34. The smallest absolute Gasteiger partial charge is 0.226 e. The molecule has 21 heavy (non-hydrogen) atoms. The zero-order chi connectivity index (χ0) is 15.2. The highest BCUT2D eigenvalue weighted by Crippen LogP contribution is 2.17. The molecule has 1 amide bonds. The van der Waals surface area contributed by atoms with Gasteiger partial charge in [-0.05, 0) is 51.1 Å². The molecule has 0 saturated carbocycles. The van der Waals surface area contributed by atoms with Crippen LogP contribution < -0.4 is 10.1 Å². The van der Waals surface area contributed by atoms with Gasteiger partial charge < -0.3 is 10.1 Å². The lowest BCUT2D eigenvalue weighted by atomic mass is 10.2. The summed E-state index contributed by atoms with van der Waals surface area (Å²) in [5, 5.41) is 7.21. The predicted octanol–water partition coefficient (Wildman–Crippen LogP) is 3.18. The second-order valence-corrected chi connectivity index (χ2v) is 5.00. The van der Waals surface area contributed by atoms with E-state index in [1.54, 1.807) is 0 Å². The Morgan fingerprint density at radius 1 is 1.33 bits per heavy atom. The Morgan fingerprint density at radius 3 is 2.62 bits per heavy atom. The first-order valence-electron chi connectivity index (χ1n) is 7.13. The molecule has 1 aromatic carbocycles. The van der Waals surface area contributed by atoms with Crippen LogP contribution in [0.3, 0.4) is 0 Å². The zero-order valence-electron chi connectivity index (χ0n) is 12.7. The predicted molar refractivity (Wildman–Crippen MR) is 82.5 cm³/mol. The second-order valence-electron chi connectivity index (χ2n) is 5.00. The zero-order valence-corrected chi connectivity index (χ0v) is 12.7. The number of aromatic nitrogens is 2. The van der Waals surface area contributed by atoms with Gasteiger partial charge in [0, 0.05) is 18.3 Å². The second kappa shape index (κ2) is 6.92. The normalized spacial score (nSPS) is 12.0. The molecule has 1 atom stereocenters.